The van der Waals surface area contributed by atoms with Crippen molar-refractivity contribution in [3.05, 3.63) is 65.7 Å². The predicted molar refractivity (Wildman–Crippen MR) is 124 cm³/mol. The van der Waals surface area contributed by atoms with E-state index >= 15 is 0 Å². The molecule has 164 valence electrons. The molecule has 2 rings (SSSR count). The number of rotatable bonds is 10. The molecule has 0 bridgehead atoms. The summed E-state index contributed by atoms with van der Waals surface area (Å²) < 4.78 is 23.1. The summed E-state index contributed by atoms with van der Waals surface area (Å²) in [4.78, 5) is 7.30. The molecule has 0 radical (unpaired) electrons. The largest absolute Gasteiger partial charge is 0.357 e. The van der Waals surface area contributed by atoms with Crippen LogP contribution in [0.25, 0.3) is 0 Å². The Labute approximate surface area is 181 Å². The molecule has 0 aliphatic rings. The molecule has 0 heterocycles. The van der Waals surface area contributed by atoms with Crippen LogP contribution in [0.3, 0.4) is 0 Å². The highest BCUT2D eigenvalue weighted by Gasteiger charge is 2.10. The maximum atomic E-state index is 11.6. The van der Waals surface area contributed by atoms with Gasteiger partial charge in [-0.2, -0.15) is 0 Å². The molecule has 0 saturated carbocycles. The first-order valence-electron chi connectivity index (χ1n) is 10.3. The van der Waals surface area contributed by atoms with Gasteiger partial charge in [-0.1, -0.05) is 42.5 Å². The van der Waals surface area contributed by atoms with Crippen LogP contribution in [0, 0.1) is 0 Å². The van der Waals surface area contributed by atoms with Gasteiger partial charge in [0.05, 0.1) is 11.4 Å². The maximum absolute atomic E-state index is 11.6. The molecule has 30 heavy (non-hydrogen) atoms. The third kappa shape index (κ3) is 8.16. The number of guanidine groups is 1. The number of hydrogen-bond acceptors (Lipinski definition) is 4. The first-order valence-corrected chi connectivity index (χ1v) is 12.2. The van der Waals surface area contributed by atoms with Crippen LogP contribution >= 0.6 is 0 Å². The minimum atomic E-state index is -3.17. The SMILES string of the molecule is CCNC(=NCc1ccc(S(C)(=O)=O)cc1)NCCC(C)N(C)Cc1ccccc1. The molecule has 0 fully saturated rings. The van der Waals surface area contributed by atoms with Gasteiger partial charge in [-0.15, -0.1) is 0 Å². The van der Waals surface area contributed by atoms with Crippen LogP contribution in [-0.4, -0.2) is 51.7 Å². The second-order valence-corrected chi connectivity index (χ2v) is 9.59. The zero-order valence-corrected chi connectivity index (χ0v) is 19.2. The Morgan fingerprint density at radius 1 is 1.03 bits per heavy atom. The molecule has 7 heteroatoms. The van der Waals surface area contributed by atoms with Crippen molar-refractivity contribution in [2.75, 3.05) is 26.4 Å². The third-order valence-electron chi connectivity index (χ3n) is 5.00. The lowest BCUT2D eigenvalue weighted by atomic mass is 10.1. The first-order chi connectivity index (χ1) is 14.3. The lowest BCUT2D eigenvalue weighted by molar-refractivity contribution is 0.238. The van der Waals surface area contributed by atoms with Gasteiger partial charge in [-0.05, 0) is 50.6 Å². The van der Waals surface area contributed by atoms with Crippen molar-refractivity contribution in [2.45, 2.75) is 44.3 Å². The number of hydrogen-bond donors (Lipinski definition) is 2. The van der Waals surface area contributed by atoms with E-state index in [1.807, 2.05) is 25.1 Å². The second-order valence-electron chi connectivity index (χ2n) is 7.58. The Bertz CT molecular complexity index is 897. The predicted octanol–water partition coefficient (Wildman–Crippen LogP) is 3.06. The summed E-state index contributed by atoms with van der Waals surface area (Å²) >= 11 is 0. The summed E-state index contributed by atoms with van der Waals surface area (Å²) in [6, 6.07) is 17.8. The number of aliphatic imine (C=N–C) groups is 1. The average molecular weight is 431 g/mol. The Hall–Kier alpha value is -2.38. The summed E-state index contributed by atoms with van der Waals surface area (Å²) in [5.41, 5.74) is 2.28. The van der Waals surface area contributed by atoms with Gasteiger partial charge in [0.2, 0.25) is 0 Å². The zero-order chi connectivity index (χ0) is 22.0. The van der Waals surface area contributed by atoms with Gasteiger partial charge in [0, 0.05) is 31.9 Å². The highest BCUT2D eigenvalue weighted by Crippen LogP contribution is 2.11. The fourth-order valence-corrected chi connectivity index (χ4v) is 3.63. The molecular weight excluding hydrogens is 396 g/mol. The van der Waals surface area contributed by atoms with E-state index in [4.69, 9.17) is 0 Å². The van der Waals surface area contributed by atoms with Crippen LogP contribution < -0.4 is 10.6 Å². The highest BCUT2D eigenvalue weighted by molar-refractivity contribution is 7.90. The number of sulfone groups is 1. The van der Waals surface area contributed by atoms with Crippen molar-refractivity contribution >= 4 is 15.8 Å². The molecule has 6 nitrogen and oxygen atoms in total. The normalized spacial score (nSPS) is 13.3. The molecule has 0 amide bonds. The molecule has 0 spiro atoms. The average Bonchev–Trinajstić information content (AvgIpc) is 2.72. The second kappa shape index (κ2) is 11.7. The Balaban J connectivity index is 1.84. The lowest BCUT2D eigenvalue weighted by Gasteiger charge is -2.25. The quantitative estimate of drug-likeness (QED) is 0.448. The van der Waals surface area contributed by atoms with E-state index < -0.39 is 9.84 Å². The van der Waals surface area contributed by atoms with Crippen LogP contribution in [-0.2, 0) is 22.9 Å². The first kappa shape index (κ1) is 23.9. The van der Waals surface area contributed by atoms with E-state index in [1.54, 1.807) is 12.1 Å². The molecule has 0 saturated heterocycles. The van der Waals surface area contributed by atoms with Crippen molar-refractivity contribution in [3.63, 3.8) is 0 Å². The van der Waals surface area contributed by atoms with E-state index in [2.05, 4.69) is 58.8 Å². The molecule has 2 N–H and O–H groups in total. The van der Waals surface area contributed by atoms with Crippen molar-refractivity contribution in [2.24, 2.45) is 4.99 Å². The van der Waals surface area contributed by atoms with Gasteiger partial charge in [0.1, 0.15) is 0 Å². The topological polar surface area (TPSA) is 73.8 Å². The fourth-order valence-electron chi connectivity index (χ4n) is 3.00. The lowest BCUT2D eigenvalue weighted by Crippen LogP contribution is -2.40. The summed E-state index contributed by atoms with van der Waals surface area (Å²) in [6.45, 7) is 7.29. The van der Waals surface area contributed by atoms with Crippen LogP contribution in [0.4, 0.5) is 0 Å². The van der Waals surface area contributed by atoms with Gasteiger partial charge in [0.15, 0.2) is 15.8 Å². The Morgan fingerprint density at radius 3 is 2.30 bits per heavy atom. The van der Waals surface area contributed by atoms with Crippen molar-refractivity contribution < 1.29 is 8.42 Å². The Morgan fingerprint density at radius 2 is 1.70 bits per heavy atom. The van der Waals surface area contributed by atoms with Crippen LogP contribution in [0.1, 0.15) is 31.4 Å². The molecule has 1 atom stereocenters. The smallest absolute Gasteiger partial charge is 0.191 e. The van der Waals surface area contributed by atoms with Gasteiger partial charge >= 0.3 is 0 Å². The van der Waals surface area contributed by atoms with E-state index in [-0.39, 0.29) is 0 Å². The molecule has 0 aliphatic heterocycles. The molecule has 0 aliphatic carbocycles. The highest BCUT2D eigenvalue weighted by atomic mass is 32.2. The van der Waals surface area contributed by atoms with E-state index in [0.29, 0.717) is 17.5 Å². The van der Waals surface area contributed by atoms with E-state index in [1.165, 1.54) is 11.8 Å². The standard InChI is InChI=1S/C23H34N4O2S/c1-5-24-23(26-17-20-11-13-22(14-12-20)30(4,28)29)25-16-15-19(2)27(3)18-21-9-7-6-8-10-21/h6-14,19H,5,15-18H2,1-4H3,(H2,24,25,26). The zero-order valence-electron chi connectivity index (χ0n) is 18.4. The number of nitrogens with zero attached hydrogens (tertiary/aromatic N) is 2. The minimum Gasteiger partial charge on any atom is -0.357 e. The molecule has 2 aromatic rings. The van der Waals surface area contributed by atoms with Crippen LogP contribution in [0.15, 0.2) is 64.5 Å². The number of benzene rings is 2. The third-order valence-corrected chi connectivity index (χ3v) is 6.13. The molecule has 0 aromatic heterocycles. The Kier molecular flexibility index (Phi) is 9.33. The van der Waals surface area contributed by atoms with Gasteiger partial charge in [0.25, 0.3) is 0 Å². The van der Waals surface area contributed by atoms with E-state index in [9.17, 15) is 8.42 Å². The summed E-state index contributed by atoms with van der Waals surface area (Å²) in [5.74, 6) is 0.766. The van der Waals surface area contributed by atoms with Gasteiger partial charge < -0.3 is 10.6 Å². The van der Waals surface area contributed by atoms with Gasteiger partial charge in [-0.3, -0.25) is 4.90 Å². The molecular formula is C23H34N4O2S. The molecule has 2 aromatic carbocycles. The van der Waals surface area contributed by atoms with Crippen LogP contribution in [0.2, 0.25) is 0 Å². The summed E-state index contributed by atoms with van der Waals surface area (Å²) in [6.07, 6.45) is 2.21. The summed E-state index contributed by atoms with van der Waals surface area (Å²) in [7, 11) is -1.02. The number of nitrogens with one attached hydrogen (secondary N) is 2. The minimum absolute atomic E-state index is 0.328. The van der Waals surface area contributed by atoms with Crippen molar-refractivity contribution in [1.82, 2.24) is 15.5 Å². The van der Waals surface area contributed by atoms with Gasteiger partial charge in [-0.25, -0.2) is 13.4 Å². The monoisotopic (exact) mass is 430 g/mol. The van der Waals surface area contributed by atoms with E-state index in [0.717, 1.165) is 37.6 Å². The van der Waals surface area contributed by atoms with Crippen LogP contribution in [0.5, 0.6) is 0 Å². The fraction of sp³-hybridized carbons (Fsp3) is 0.435. The maximum Gasteiger partial charge on any atom is 0.191 e. The molecule has 1 unspecified atom stereocenters. The summed E-state index contributed by atoms with van der Waals surface area (Å²) in [5, 5.41) is 6.65. The van der Waals surface area contributed by atoms with Crippen molar-refractivity contribution in [1.29, 1.82) is 0 Å². The van der Waals surface area contributed by atoms with Crippen molar-refractivity contribution in [3.8, 4) is 0 Å².